The predicted molar refractivity (Wildman–Crippen MR) is 85.9 cm³/mol. The molecule has 1 fully saturated rings. The normalized spacial score (nSPS) is 15.9. The largest absolute Gasteiger partial charge is 0.419 e. The van der Waals surface area contributed by atoms with Gasteiger partial charge in [0.1, 0.15) is 5.82 Å². The van der Waals surface area contributed by atoms with Crippen LogP contribution in [0.2, 0.25) is 0 Å². The van der Waals surface area contributed by atoms with Gasteiger partial charge in [-0.25, -0.2) is 9.18 Å². The van der Waals surface area contributed by atoms with Gasteiger partial charge in [0, 0.05) is 25.6 Å². The molecule has 3 rings (SSSR count). The van der Waals surface area contributed by atoms with Gasteiger partial charge in [0.2, 0.25) is 5.91 Å². The maximum atomic E-state index is 14.1. The highest BCUT2D eigenvalue weighted by Crippen LogP contribution is 2.28. The van der Waals surface area contributed by atoms with Crippen molar-refractivity contribution in [3.63, 3.8) is 0 Å². The monoisotopic (exact) mass is 320 g/mol. The van der Waals surface area contributed by atoms with E-state index in [0.717, 1.165) is 6.42 Å². The molecule has 1 heterocycles. The van der Waals surface area contributed by atoms with Crippen molar-refractivity contribution in [1.82, 2.24) is 4.57 Å². The second-order valence-corrected chi connectivity index (χ2v) is 6.32. The van der Waals surface area contributed by atoms with Crippen molar-refractivity contribution in [2.24, 2.45) is 13.0 Å². The molecule has 6 heteroatoms. The molecule has 23 heavy (non-hydrogen) atoms. The van der Waals surface area contributed by atoms with Crippen molar-refractivity contribution in [2.45, 2.75) is 44.9 Å². The first-order chi connectivity index (χ1) is 11.0. The molecule has 2 aromatic rings. The van der Waals surface area contributed by atoms with Gasteiger partial charge in [-0.2, -0.15) is 0 Å². The van der Waals surface area contributed by atoms with Crippen LogP contribution < -0.4 is 11.1 Å². The van der Waals surface area contributed by atoms with Gasteiger partial charge in [-0.3, -0.25) is 9.36 Å². The average molecular weight is 320 g/mol. The van der Waals surface area contributed by atoms with Crippen LogP contribution in [0.1, 0.15) is 44.9 Å². The molecule has 1 saturated carbocycles. The molecule has 124 valence electrons. The van der Waals surface area contributed by atoms with E-state index >= 15 is 0 Å². The van der Waals surface area contributed by atoms with E-state index in [1.54, 1.807) is 0 Å². The lowest BCUT2D eigenvalue weighted by atomic mass is 9.86. The van der Waals surface area contributed by atoms with E-state index in [0.29, 0.717) is 17.9 Å². The van der Waals surface area contributed by atoms with E-state index in [-0.39, 0.29) is 17.2 Å². The Balaban J connectivity index is 1.67. The summed E-state index contributed by atoms with van der Waals surface area (Å²) in [5.74, 6) is -0.721. The minimum absolute atomic E-state index is 0.0560. The number of fused-ring (bicyclic) bond motifs is 1. The molecule has 5 nitrogen and oxygen atoms in total. The molecular formula is C17H21FN2O3. The number of aryl methyl sites for hydroxylation is 1. The fourth-order valence-electron chi connectivity index (χ4n) is 3.27. The molecule has 0 unspecified atom stereocenters. The van der Waals surface area contributed by atoms with Crippen LogP contribution >= 0.6 is 0 Å². The van der Waals surface area contributed by atoms with E-state index in [2.05, 4.69) is 5.32 Å². The Morgan fingerprint density at radius 1 is 1.35 bits per heavy atom. The summed E-state index contributed by atoms with van der Waals surface area (Å²) in [6.45, 7) is 0. The van der Waals surface area contributed by atoms with E-state index in [9.17, 15) is 14.0 Å². The summed E-state index contributed by atoms with van der Waals surface area (Å²) in [6, 6.07) is 2.57. The number of hydrogen-bond donors (Lipinski definition) is 1. The number of carbonyl (C=O) groups excluding carboxylic acids is 1. The van der Waals surface area contributed by atoms with Gasteiger partial charge in [0.05, 0.1) is 11.2 Å². The molecule has 0 bridgehead atoms. The Bertz CT molecular complexity index is 772. The third-order valence-electron chi connectivity index (χ3n) is 4.66. The SMILES string of the molecule is Cn1c(=O)oc2cc(NC(=O)CCC3CCCCC3)c(F)cc21. The lowest BCUT2D eigenvalue weighted by Gasteiger charge is -2.21. The second kappa shape index (κ2) is 6.56. The van der Waals surface area contributed by atoms with Gasteiger partial charge in [-0.05, 0) is 12.3 Å². The number of oxazole rings is 1. The number of hydrogen-bond acceptors (Lipinski definition) is 3. The molecule has 0 radical (unpaired) electrons. The molecule has 0 aliphatic heterocycles. The van der Waals surface area contributed by atoms with Crippen molar-refractivity contribution in [3.8, 4) is 0 Å². The van der Waals surface area contributed by atoms with Gasteiger partial charge < -0.3 is 9.73 Å². The molecule has 0 saturated heterocycles. The first-order valence-electron chi connectivity index (χ1n) is 8.13. The van der Waals surface area contributed by atoms with Crippen LogP contribution in [0, 0.1) is 11.7 Å². The van der Waals surface area contributed by atoms with Crippen LogP contribution in [-0.4, -0.2) is 10.5 Å². The number of benzene rings is 1. The number of rotatable bonds is 4. The first-order valence-corrected chi connectivity index (χ1v) is 8.13. The molecule has 1 aromatic heterocycles. The number of halogens is 1. The smallest absolute Gasteiger partial charge is 0.408 e. The highest BCUT2D eigenvalue weighted by molar-refractivity contribution is 5.93. The summed E-state index contributed by atoms with van der Waals surface area (Å²) in [6.07, 6.45) is 7.37. The zero-order chi connectivity index (χ0) is 16.4. The van der Waals surface area contributed by atoms with E-state index in [1.807, 2.05) is 0 Å². The average Bonchev–Trinajstić information content (AvgIpc) is 2.81. The van der Waals surface area contributed by atoms with Crippen molar-refractivity contribution < 1.29 is 13.6 Å². The summed E-state index contributed by atoms with van der Waals surface area (Å²) in [5, 5.41) is 2.59. The molecule has 0 spiro atoms. The Labute approximate surface area is 133 Å². The number of anilines is 1. The molecule has 1 amide bonds. The standard InChI is InChI=1S/C17H21FN2O3/c1-20-14-9-12(18)13(10-15(14)23-17(20)22)19-16(21)8-7-11-5-3-2-4-6-11/h9-11H,2-8H2,1H3,(H,19,21). The van der Waals surface area contributed by atoms with Crippen LogP contribution in [0.4, 0.5) is 10.1 Å². The third-order valence-corrected chi connectivity index (χ3v) is 4.66. The van der Waals surface area contributed by atoms with Crippen LogP contribution in [0.5, 0.6) is 0 Å². The lowest BCUT2D eigenvalue weighted by molar-refractivity contribution is -0.116. The number of amides is 1. The Morgan fingerprint density at radius 3 is 2.83 bits per heavy atom. The van der Waals surface area contributed by atoms with Crippen LogP contribution in [0.3, 0.4) is 0 Å². The Morgan fingerprint density at radius 2 is 2.09 bits per heavy atom. The van der Waals surface area contributed by atoms with Gasteiger partial charge in [-0.1, -0.05) is 32.1 Å². The Hall–Kier alpha value is -2.11. The van der Waals surface area contributed by atoms with Gasteiger partial charge >= 0.3 is 5.76 Å². The minimum atomic E-state index is -0.570. The zero-order valence-corrected chi connectivity index (χ0v) is 13.2. The maximum absolute atomic E-state index is 14.1. The van der Waals surface area contributed by atoms with Crippen LogP contribution in [0.25, 0.3) is 11.1 Å². The number of aromatic nitrogens is 1. The quantitative estimate of drug-likeness (QED) is 0.936. The van der Waals surface area contributed by atoms with E-state index < -0.39 is 11.6 Å². The number of nitrogens with one attached hydrogen (secondary N) is 1. The molecule has 1 aliphatic rings. The molecular weight excluding hydrogens is 299 g/mol. The van der Waals surface area contributed by atoms with Gasteiger partial charge in [0.15, 0.2) is 5.58 Å². The molecule has 0 atom stereocenters. The summed E-state index contributed by atoms with van der Waals surface area (Å²) >= 11 is 0. The fourth-order valence-corrected chi connectivity index (χ4v) is 3.27. The van der Waals surface area contributed by atoms with Crippen molar-refractivity contribution in [1.29, 1.82) is 0 Å². The van der Waals surface area contributed by atoms with Gasteiger partial charge in [0.25, 0.3) is 0 Å². The van der Waals surface area contributed by atoms with Crippen LogP contribution in [-0.2, 0) is 11.8 Å². The first kappa shape index (κ1) is 15.8. The van der Waals surface area contributed by atoms with Crippen molar-refractivity contribution >= 4 is 22.7 Å². The number of nitrogens with zero attached hydrogens (tertiary/aromatic N) is 1. The summed E-state index contributed by atoms with van der Waals surface area (Å²) in [4.78, 5) is 23.5. The van der Waals surface area contributed by atoms with Crippen molar-refractivity contribution in [3.05, 3.63) is 28.5 Å². The maximum Gasteiger partial charge on any atom is 0.419 e. The predicted octanol–water partition coefficient (Wildman–Crippen LogP) is 3.57. The van der Waals surface area contributed by atoms with E-state index in [1.165, 1.54) is 55.9 Å². The Kier molecular flexibility index (Phi) is 4.50. The molecule has 1 aliphatic carbocycles. The molecule has 1 aromatic carbocycles. The van der Waals surface area contributed by atoms with E-state index in [4.69, 9.17) is 4.42 Å². The minimum Gasteiger partial charge on any atom is -0.408 e. The topological polar surface area (TPSA) is 64.2 Å². The lowest BCUT2D eigenvalue weighted by Crippen LogP contribution is -2.15. The number of carbonyl (C=O) groups is 1. The highest BCUT2D eigenvalue weighted by Gasteiger charge is 2.17. The summed E-state index contributed by atoms with van der Waals surface area (Å²) in [5.41, 5.74) is 0.690. The van der Waals surface area contributed by atoms with Crippen LogP contribution in [0.15, 0.2) is 21.3 Å². The zero-order valence-electron chi connectivity index (χ0n) is 13.2. The van der Waals surface area contributed by atoms with Gasteiger partial charge in [-0.15, -0.1) is 0 Å². The third kappa shape index (κ3) is 3.46. The molecule has 1 N–H and O–H groups in total. The fraction of sp³-hybridized carbons (Fsp3) is 0.529. The summed E-state index contributed by atoms with van der Waals surface area (Å²) in [7, 11) is 1.51. The highest BCUT2D eigenvalue weighted by atomic mass is 19.1. The second-order valence-electron chi connectivity index (χ2n) is 6.32. The summed E-state index contributed by atoms with van der Waals surface area (Å²) < 4.78 is 20.3. The van der Waals surface area contributed by atoms with Crippen molar-refractivity contribution in [2.75, 3.05) is 5.32 Å².